The number of amides is 1. The molecule has 1 amide bonds. The lowest BCUT2D eigenvalue weighted by Gasteiger charge is -2.36. The minimum absolute atomic E-state index is 0. The molecule has 4 nitrogen and oxygen atoms in total. The summed E-state index contributed by atoms with van der Waals surface area (Å²) >= 11 is 6.28. The molecule has 0 aliphatic carbocycles. The third kappa shape index (κ3) is 5.38. The Morgan fingerprint density at radius 3 is 2.57 bits per heavy atom. The maximum absolute atomic E-state index is 13.1. The Kier molecular flexibility index (Phi) is 7.71. The molecule has 1 fully saturated rings. The van der Waals surface area contributed by atoms with Crippen LogP contribution in [0, 0.1) is 0 Å². The number of benzene rings is 2. The zero-order valence-corrected chi connectivity index (χ0v) is 16.4. The van der Waals surface area contributed by atoms with Crippen molar-refractivity contribution in [2.24, 2.45) is 0 Å². The van der Waals surface area contributed by atoms with Gasteiger partial charge in [-0.3, -0.25) is 9.69 Å². The highest BCUT2D eigenvalue weighted by atomic mass is 35.5. The summed E-state index contributed by atoms with van der Waals surface area (Å²) in [6.07, 6.45) is -4.53. The SMILES string of the molecule is Cl.O=C(CN1CCNCC1c1ccccc1Cl)Nc1ccccc1C(F)(F)F. The van der Waals surface area contributed by atoms with Gasteiger partial charge in [-0.25, -0.2) is 0 Å². The molecule has 0 bridgehead atoms. The van der Waals surface area contributed by atoms with Gasteiger partial charge in [0.15, 0.2) is 0 Å². The minimum Gasteiger partial charge on any atom is -0.324 e. The van der Waals surface area contributed by atoms with E-state index in [1.165, 1.54) is 18.2 Å². The summed E-state index contributed by atoms with van der Waals surface area (Å²) in [5, 5.41) is 6.26. The van der Waals surface area contributed by atoms with Gasteiger partial charge in [0, 0.05) is 30.7 Å². The highest BCUT2D eigenvalue weighted by molar-refractivity contribution is 6.31. The Balaban J connectivity index is 0.00000280. The van der Waals surface area contributed by atoms with Gasteiger partial charge in [-0.1, -0.05) is 41.9 Å². The van der Waals surface area contributed by atoms with Crippen molar-refractivity contribution in [3.05, 3.63) is 64.7 Å². The molecule has 1 unspecified atom stereocenters. The van der Waals surface area contributed by atoms with Gasteiger partial charge in [0.05, 0.1) is 17.8 Å². The number of carbonyl (C=O) groups is 1. The number of piperazine rings is 1. The second kappa shape index (κ2) is 9.60. The van der Waals surface area contributed by atoms with Crippen LogP contribution in [0.3, 0.4) is 0 Å². The van der Waals surface area contributed by atoms with Crippen LogP contribution >= 0.6 is 24.0 Å². The molecule has 1 aliphatic rings. The smallest absolute Gasteiger partial charge is 0.324 e. The second-order valence-corrected chi connectivity index (χ2v) is 6.71. The van der Waals surface area contributed by atoms with Crippen LogP contribution < -0.4 is 10.6 Å². The first-order chi connectivity index (χ1) is 12.9. The van der Waals surface area contributed by atoms with E-state index in [-0.39, 0.29) is 30.7 Å². The molecule has 1 atom stereocenters. The quantitative estimate of drug-likeness (QED) is 0.752. The average molecular weight is 434 g/mol. The molecule has 1 saturated heterocycles. The molecule has 1 heterocycles. The van der Waals surface area contributed by atoms with Crippen molar-refractivity contribution >= 4 is 35.6 Å². The van der Waals surface area contributed by atoms with Crippen LogP contribution in [0.15, 0.2) is 48.5 Å². The van der Waals surface area contributed by atoms with E-state index < -0.39 is 17.6 Å². The summed E-state index contributed by atoms with van der Waals surface area (Å²) in [4.78, 5) is 14.4. The first-order valence-electron chi connectivity index (χ1n) is 8.51. The van der Waals surface area contributed by atoms with Gasteiger partial charge in [-0.15, -0.1) is 12.4 Å². The molecular weight excluding hydrogens is 414 g/mol. The lowest BCUT2D eigenvalue weighted by atomic mass is 10.0. The lowest BCUT2D eigenvalue weighted by Crippen LogP contribution is -2.48. The molecule has 0 spiro atoms. The van der Waals surface area contributed by atoms with Crippen LogP contribution in [-0.4, -0.2) is 37.0 Å². The maximum Gasteiger partial charge on any atom is 0.418 e. The number of para-hydroxylation sites is 1. The Morgan fingerprint density at radius 2 is 1.86 bits per heavy atom. The number of rotatable bonds is 4. The highest BCUT2D eigenvalue weighted by Gasteiger charge is 2.34. The standard InChI is InChI=1S/C19H19ClF3N3O.ClH/c20-15-7-3-1-5-13(15)17-11-24-9-10-26(17)12-18(27)25-16-8-4-2-6-14(16)19(21,22)23;/h1-8,17,24H,9-12H2,(H,25,27);1H. The van der Waals surface area contributed by atoms with E-state index in [1.807, 2.05) is 23.1 Å². The summed E-state index contributed by atoms with van der Waals surface area (Å²) in [6, 6.07) is 12.2. The van der Waals surface area contributed by atoms with Gasteiger partial charge >= 0.3 is 6.18 Å². The third-order valence-corrected chi connectivity index (χ3v) is 4.82. The van der Waals surface area contributed by atoms with Crippen LogP contribution in [-0.2, 0) is 11.0 Å². The van der Waals surface area contributed by atoms with E-state index in [9.17, 15) is 18.0 Å². The molecule has 3 rings (SSSR count). The van der Waals surface area contributed by atoms with Crippen molar-refractivity contribution < 1.29 is 18.0 Å². The van der Waals surface area contributed by atoms with Crippen LogP contribution in [0.4, 0.5) is 18.9 Å². The van der Waals surface area contributed by atoms with Crippen molar-refractivity contribution in [3.8, 4) is 0 Å². The minimum atomic E-state index is -4.53. The number of nitrogens with one attached hydrogen (secondary N) is 2. The molecule has 0 radical (unpaired) electrons. The molecular formula is C19H20Cl2F3N3O. The van der Waals surface area contributed by atoms with Crippen LogP contribution in [0.1, 0.15) is 17.2 Å². The third-order valence-electron chi connectivity index (χ3n) is 4.47. The first-order valence-corrected chi connectivity index (χ1v) is 8.89. The predicted octanol–water partition coefficient (Wildman–Crippen LogP) is 4.37. The van der Waals surface area contributed by atoms with E-state index in [0.29, 0.717) is 24.7 Å². The maximum atomic E-state index is 13.1. The second-order valence-electron chi connectivity index (χ2n) is 6.30. The highest BCUT2D eigenvalue weighted by Crippen LogP contribution is 2.34. The fourth-order valence-corrected chi connectivity index (χ4v) is 3.46. The normalized spacial score (nSPS) is 17.6. The van der Waals surface area contributed by atoms with Gasteiger partial charge in [0.1, 0.15) is 0 Å². The number of halogens is 5. The van der Waals surface area contributed by atoms with E-state index in [2.05, 4.69) is 10.6 Å². The van der Waals surface area contributed by atoms with Crippen LogP contribution in [0.2, 0.25) is 5.02 Å². The topological polar surface area (TPSA) is 44.4 Å². The number of nitrogens with zero attached hydrogens (tertiary/aromatic N) is 1. The monoisotopic (exact) mass is 433 g/mol. The molecule has 1 aliphatic heterocycles. The Morgan fingerprint density at radius 1 is 1.18 bits per heavy atom. The molecule has 152 valence electrons. The zero-order valence-electron chi connectivity index (χ0n) is 14.8. The number of hydrogen-bond acceptors (Lipinski definition) is 3. The molecule has 2 aromatic carbocycles. The number of alkyl halides is 3. The van der Waals surface area contributed by atoms with Crippen molar-refractivity contribution in [1.29, 1.82) is 0 Å². The summed E-state index contributed by atoms with van der Waals surface area (Å²) < 4.78 is 39.3. The Labute approximate surface area is 172 Å². The van der Waals surface area contributed by atoms with Crippen molar-refractivity contribution in [3.63, 3.8) is 0 Å². The van der Waals surface area contributed by atoms with E-state index in [1.54, 1.807) is 6.07 Å². The molecule has 0 saturated carbocycles. The number of anilines is 1. The van der Waals surface area contributed by atoms with Crippen LogP contribution in [0.5, 0.6) is 0 Å². The zero-order chi connectivity index (χ0) is 19.4. The summed E-state index contributed by atoms with van der Waals surface area (Å²) in [5.41, 5.74) is -0.212. The largest absolute Gasteiger partial charge is 0.418 e. The molecule has 9 heteroatoms. The predicted molar refractivity (Wildman–Crippen MR) is 106 cm³/mol. The van der Waals surface area contributed by atoms with Crippen LogP contribution in [0.25, 0.3) is 0 Å². The lowest BCUT2D eigenvalue weighted by molar-refractivity contribution is -0.137. The fraction of sp³-hybridized carbons (Fsp3) is 0.316. The Bertz CT molecular complexity index is 817. The van der Waals surface area contributed by atoms with E-state index in [0.717, 1.165) is 11.6 Å². The molecule has 2 N–H and O–H groups in total. The number of hydrogen-bond donors (Lipinski definition) is 2. The number of carbonyl (C=O) groups excluding carboxylic acids is 1. The van der Waals surface area contributed by atoms with Gasteiger partial charge in [0.2, 0.25) is 5.91 Å². The van der Waals surface area contributed by atoms with Crippen molar-refractivity contribution in [2.75, 3.05) is 31.5 Å². The van der Waals surface area contributed by atoms with Crippen molar-refractivity contribution in [1.82, 2.24) is 10.2 Å². The van der Waals surface area contributed by atoms with Gasteiger partial charge < -0.3 is 10.6 Å². The van der Waals surface area contributed by atoms with Gasteiger partial charge in [0.25, 0.3) is 0 Å². The average Bonchev–Trinajstić information content (AvgIpc) is 2.62. The fourth-order valence-electron chi connectivity index (χ4n) is 3.20. The summed E-state index contributed by atoms with van der Waals surface area (Å²) in [6.45, 7) is 1.86. The molecule has 2 aromatic rings. The van der Waals surface area contributed by atoms with E-state index >= 15 is 0 Å². The van der Waals surface area contributed by atoms with Gasteiger partial charge in [-0.2, -0.15) is 13.2 Å². The Hall–Kier alpha value is -1.80. The molecule has 0 aromatic heterocycles. The van der Waals surface area contributed by atoms with Gasteiger partial charge in [-0.05, 0) is 23.8 Å². The first kappa shape index (κ1) is 22.5. The van der Waals surface area contributed by atoms with Crippen molar-refractivity contribution in [2.45, 2.75) is 12.2 Å². The molecule has 28 heavy (non-hydrogen) atoms. The summed E-state index contributed by atoms with van der Waals surface area (Å²) in [7, 11) is 0. The van der Waals surface area contributed by atoms with E-state index in [4.69, 9.17) is 11.6 Å². The summed E-state index contributed by atoms with van der Waals surface area (Å²) in [5.74, 6) is -0.495.